The van der Waals surface area contributed by atoms with E-state index in [2.05, 4.69) is 20.3 Å². The van der Waals surface area contributed by atoms with E-state index in [0.717, 1.165) is 0 Å². The van der Waals surface area contributed by atoms with Crippen LogP contribution in [0, 0.1) is 0 Å². The number of hydrogen-bond acceptors (Lipinski definition) is 5. The number of nitrogens with zero attached hydrogens (tertiary/aromatic N) is 5. The van der Waals surface area contributed by atoms with Gasteiger partial charge in [-0.25, -0.2) is 9.67 Å². The molecule has 0 radical (unpaired) electrons. The van der Waals surface area contributed by atoms with E-state index < -0.39 is 0 Å². The highest BCUT2D eigenvalue weighted by atomic mass is 15.4. The predicted octanol–water partition coefficient (Wildman–Crippen LogP) is -0.484. The first kappa shape index (κ1) is 7.81. The molecule has 2 aromatic rings. The van der Waals surface area contributed by atoms with E-state index in [1.807, 2.05) is 0 Å². The van der Waals surface area contributed by atoms with Crippen LogP contribution in [0.5, 0.6) is 0 Å². The molecule has 0 aliphatic carbocycles. The lowest BCUT2D eigenvalue weighted by Crippen LogP contribution is -2.02. The molecule has 0 saturated heterocycles. The van der Waals surface area contributed by atoms with Crippen molar-refractivity contribution < 1.29 is 0 Å². The first-order valence-electron chi connectivity index (χ1n) is 3.79. The van der Waals surface area contributed by atoms with Gasteiger partial charge in [-0.2, -0.15) is 5.10 Å². The Bertz CT molecular complexity index is 381. The summed E-state index contributed by atoms with van der Waals surface area (Å²) in [6.45, 7) is 0.327. The highest BCUT2D eigenvalue weighted by Crippen LogP contribution is 1.98. The van der Waals surface area contributed by atoms with Crippen molar-refractivity contribution >= 4 is 0 Å². The molecule has 13 heavy (non-hydrogen) atoms. The maximum atomic E-state index is 5.37. The molecule has 0 aliphatic heterocycles. The lowest BCUT2D eigenvalue weighted by atomic mass is 10.5. The molecule has 2 rings (SSSR count). The van der Waals surface area contributed by atoms with Crippen molar-refractivity contribution in [3.8, 4) is 5.82 Å². The summed E-state index contributed by atoms with van der Waals surface area (Å²) in [7, 11) is 0. The summed E-state index contributed by atoms with van der Waals surface area (Å²) in [6.07, 6.45) is 3.16. The van der Waals surface area contributed by atoms with Crippen LogP contribution in [-0.2, 0) is 6.54 Å². The summed E-state index contributed by atoms with van der Waals surface area (Å²) in [5.74, 6) is 1.22. The maximum absolute atomic E-state index is 5.37. The van der Waals surface area contributed by atoms with Crippen LogP contribution in [0.25, 0.3) is 5.82 Å². The summed E-state index contributed by atoms with van der Waals surface area (Å²) in [4.78, 5) is 3.97. The largest absolute Gasteiger partial charge is 0.324 e. The number of aromatic nitrogens is 5. The van der Waals surface area contributed by atoms with E-state index in [1.165, 1.54) is 4.68 Å². The normalized spacial score (nSPS) is 10.2. The predicted molar refractivity (Wildman–Crippen MR) is 44.8 cm³/mol. The Morgan fingerprint density at radius 1 is 1.46 bits per heavy atom. The van der Waals surface area contributed by atoms with Gasteiger partial charge in [-0.3, -0.25) is 0 Å². The van der Waals surface area contributed by atoms with Crippen molar-refractivity contribution in [3.05, 3.63) is 30.5 Å². The zero-order chi connectivity index (χ0) is 9.10. The molecule has 0 aromatic carbocycles. The van der Waals surface area contributed by atoms with Gasteiger partial charge < -0.3 is 5.73 Å². The minimum atomic E-state index is 0.327. The molecule has 6 heteroatoms. The SMILES string of the molecule is NCc1ncn(-c2cccnn2)n1. The third kappa shape index (κ3) is 1.52. The summed E-state index contributed by atoms with van der Waals surface area (Å²) >= 11 is 0. The van der Waals surface area contributed by atoms with Crippen molar-refractivity contribution in [2.45, 2.75) is 6.54 Å². The average Bonchev–Trinajstić information content (AvgIpc) is 2.67. The number of hydrogen-bond donors (Lipinski definition) is 1. The van der Waals surface area contributed by atoms with Gasteiger partial charge in [0.15, 0.2) is 11.6 Å². The Labute approximate surface area is 74.4 Å². The summed E-state index contributed by atoms with van der Waals surface area (Å²) in [6, 6.07) is 3.58. The Morgan fingerprint density at radius 2 is 2.38 bits per heavy atom. The fourth-order valence-electron chi connectivity index (χ4n) is 0.917. The van der Waals surface area contributed by atoms with Crippen LogP contribution in [0.3, 0.4) is 0 Å². The van der Waals surface area contributed by atoms with Gasteiger partial charge in [-0.15, -0.1) is 10.2 Å². The molecule has 0 aliphatic rings. The van der Waals surface area contributed by atoms with Crippen LogP contribution >= 0.6 is 0 Å². The molecular weight excluding hydrogens is 168 g/mol. The molecule has 0 bridgehead atoms. The van der Waals surface area contributed by atoms with Crippen LogP contribution in [0.15, 0.2) is 24.7 Å². The third-order valence-electron chi connectivity index (χ3n) is 1.51. The molecule has 6 nitrogen and oxygen atoms in total. The van der Waals surface area contributed by atoms with Crippen LogP contribution in [-0.4, -0.2) is 25.0 Å². The van der Waals surface area contributed by atoms with Gasteiger partial charge in [0, 0.05) is 6.20 Å². The minimum absolute atomic E-state index is 0.327. The van der Waals surface area contributed by atoms with Gasteiger partial charge in [-0.1, -0.05) is 0 Å². The van der Waals surface area contributed by atoms with E-state index in [4.69, 9.17) is 5.73 Å². The van der Waals surface area contributed by atoms with Crippen molar-refractivity contribution in [2.24, 2.45) is 5.73 Å². The van der Waals surface area contributed by atoms with E-state index in [-0.39, 0.29) is 0 Å². The molecule has 0 fully saturated rings. The first-order valence-corrected chi connectivity index (χ1v) is 3.79. The van der Waals surface area contributed by atoms with Gasteiger partial charge in [0.25, 0.3) is 0 Å². The maximum Gasteiger partial charge on any atom is 0.177 e. The second-order valence-corrected chi connectivity index (χ2v) is 2.39. The lowest BCUT2D eigenvalue weighted by molar-refractivity contribution is 0.787. The fourth-order valence-corrected chi connectivity index (χ4v) is 0.917. The molecule has 0 saturated carbocycles. The number of rotatable bonds is 2. The minimum Gasteiger partial charge on any atom is -0.324 e. The fraction of sp³-hybridized carbons (Fsp3) is 0.143. The van der Waals surface area contributed by atoms with Crippen molar-refractivity contribution in [2.75, 3.05) is 0 Å². The van der Waals surface area contributed by atoms with Gasteiger partial charge in [0.1, 0.15) is 6.33 Å². The van der Waals surface area contributed by atoms with E-state index in [9.17, 15) is 0 Å². The van der Waals surface area contributed by atoms with E-state index >= 15 is 0 Å². The van der Waals surface area contributed by atoms with Crippen molar-refractivity contribution in [1.82, 2.24) is 25.0 Å². The second-order valence-electron chi connectivity index (χ2n) is 2.39. The number of nitrogens with two attached hydrogens (primary N) is 1. The molecule has 2 N–H and O–H groups in total. The molecule has 66 valence electrons. The van der Waals surface area contributed by atoms with Crippen molar-refractivity contribution in [1.29, 1.82) is 0 Å². The molecule has 0 atom stereocenters. The molecule has 2 heterocycles. The molecule has 0 unspecified atom stereocenters. The van der Waals surface area contributed by atoms with Gasteiger partial charge in [0.05, 0.1) is 6.54 Å². The summed E-state index contributed by atoms with van der Waals surface area (Å²) in [5.41, 5.74) is 5.37. The van der Waals surface area contributed by atoms with Gasteiger partial charge >= 0.3 is 0 Å². The molecular formula is C7H8N6. The highest BCUT2D eigenvalue weighted by Gasteiger charge is 2.00. The average molecular weight is 176 g/mol. The zero-order valence-corrected chi connectivity index (χ0v) is 6.83. The Morgan fingerprint density at radius 3 is 3.00 bits per heavy atom. The van der Waals surface area contributed by atoms with Gasteiger partial charge in [-0.05, 0) is 12.1 Å². The van der Waals surface area contributed by atoms with Crippen LogP contribution in [0.2, 0.25) is 0 Å². The van der Waals surface area contributed by atoms with Crippen LogP contribution in [0.4, 0.5) is 0 Å². The lowest BCUT2D eigenvalue weighted by Gasteiger charge is -1.94. The molecule has 0 amide bonds. The Hall–Kier alpha value is -1.82. The Balaban J connectivity index is 2.36. The smallest absolute Gasteiger partial charge is 0.177 e. The quantitative estimate of drug-likeness (QED) is 0.668. The van der Waals surface area contributed by atoms with Crippen LogP contribution in [0.1, 0.15) is 5.82 Å². The van der Waals surface area contributed by atoms with Crippen molar-refractivity contribution in [3.63, 3.8) is 0 Å². The first-order chi connectivity index (χ1) is 6.40. The topological polar surface area (TPSA) is 82.5 Å². The summed E-state index contributed by atoms with van der Waals surface area (Å²) in [5, 5.41) is 11.7. The van der Waals surface area contributed by atoms with Gasteiger partial charge in [0.2, 0.25) is 0 Å². The highest BCUT2D eigenvalue weighted by molar-refractivity contribution is 5.16. The standard InChI is InChI=1S/C7H8N6/c8-4-6-9-5-13(12-6)7-2-1-3-10-11-7/h1-3,5H,4,8H2. The van der Waals surface area contributed by atoms with Crippen LogP contribution < -0.4 is 5.73 Å². The molecule has 0 spiro atoms. The third-order valence-corrected chi connectivity index (χ3v) is 1.51. The zero-order valence-electron chi connectivity index (χ0n) is 6.83. The monoisotopic (exact) mass is 176 g/mol. The van der Waals surface area contributed by atoms with E-state index in [1.54, 1.807) is 24.7 Å². The van der Waals surface area contributed by atoms with E-state index in [0.29, 0.717) is 18.2 Å². The Kier molecular flexibility index (Phi) is 1.97. The second kappa shape index (κ2) is 3.28. The molecule has 2 aromatic heterocycles. The summed E-state index contributed by atoms with van der Waals surface area (Å²) < 4.78 is 1.54.